The maximum Gasteiger partial charge on any atom is 0.253 e. The van der Waals surface area contributed by atoms with Gasteiger partial charge in [-0.25, -0.2) is 0 Å². The van der Waals surface area contributed by atoms with E-state index in [-0.39, 0.29) is 24.5 Å². The van der Waals surface area contributed by atoms with Crippen molar-refractivity contribution in [2.75, 3.05) is 7.11 Å². The van der Waals surface area contributed by atoms with E-state index >= 15 is 0 Å². The van der Waals surface area contributed by atoms with Crippen LogP contribution in [0.2, 0.25) is 0 Å². The van der Waals surface area contributed by atoms with Gasteiger partial charge in [0, 0.05) is 24.8 Å². The van der Waals surface area contributed by atoms with Crippen LogP contribution in [-0.4, -0.2) is 28.1 Å². The second-order valence-electron chi connectivity index (χ2n) is 6.82. The molecule has 0 radical (unpaired) electrons. The zero-order chi connectivity index (χ0) is 20.1. The third-order valence-electron chi connectivity index (χ3n) is 4.44. The molecule has 2 heterocycles. The second kappa shape index (κ2) is 8.75. The molecule has 146 valence electrons. The molecule has 0 aliphatic rings. The van der Waals surface area contributed by atoms with Gasteiger partial charge in [-0.2, -0.15) is 4.98 Å². The van der Waals surface area contributed by atoms with E-state index in [0.29, 0.717) is 17.3 Å². The minimum absolute atomic E-state index is 0.0453. The molecule has 1 atom stereocenters. The number of carbonyl (C=O) groups is 1. The van der Waals surface area contributed by atoms with Gasteiger partial charge in [0.1, 0.15) is 0 Å². The molecule has 0 saturated carbocycles. The van der Waals surface area contributed by atoms with Crippen LogP contribution in [0.15, 0.2) is 47.1 Å². The van der Waals surface area contributed by atoms with Crippen LogP contribution in [0.3, 0.4) is 0 Å². The van der Waals surface area contributed by atoms with E-state index in [4.69, 9.17) is 9.26 Å². The number of nitrogens with one attached hydrogen (secondary N) is 1. The van der Waals surface area contributed by atoms with E-state index in [1.165, 1.54) is 0 Å². The van der Waals surface area contributed by atoms with Crippen molar-refractivity contribution in [3.63, 3.8) is 0 Å². The van der Waals surface area contributed by atoms with E-state index in [9.17, 15) is 4.79 Å². The standard InChI is InChI=1S/C21H24N4O3/c1-13(2)21-24-19(25-28-21)12-23-20(26)17-9-10-18(22-11-17)16-7-5-15(6-8-16)14(3)27-4/h5-11,13-14H,12H2,1-4H3,(H,23,26)/t14-/m1/s1. The molecule has 7 heteroatoms. The molecular formula is C21H24N4O3. The Morgan fingerprint density at radius 1 is 1.14 bits per heavy atom. The second-order valence-corrected chi connectivity index (χ2v) is 6.82. The van der Waals surface area contributed by atoms with E-state index in [1.807, 2.05) is 51.1 Å². The Balaban J connectivity index is 1.62. The summed E-state index contributed by atoms with van der Waals surface area (Å²) in [5.41, 5.74) is 3.35. The first-order valence-corrected chi connectivity index (χ1v) is 9.17. The Morgan fingerprint density at radius 3 is 2.46 bits per heavy atom. The van der Waals surface area contributed by atoms with Crippen LogP contribution in [0, 0.1) is 0 Å². The number of carbonyl (C=O) groups excluding carboxylic acids is 1. The van der Waals surface area contributed by atoms with Gasteiger partial charge in [0.2, 0.25) is 5.89 Å². The first kappa shape index (κ1) is 19.7. The summed E-state index contributed by atoms with van der Waals surface area (Å²) in [4.78, 5) is 21.0. The molecule has 1 N–H and O–H groups in total. The van der Waals surface area contributed by atoms with Crippen LogP contribution in [0.25, 0.3) is 11.3 Å². The lowest BCUT2D eigenvalue weighted by Gasteiger charge is -2.10. The monoisotopic (exact) mass is 380 g/mol. The lowest BCUT2D eigenvalue weighted by Crippen LogP contribution is -2.23. The van der Waals surface area contributed by atoms with Crippen molar-refractivity contribution in [3.05, 3.63) is 65.4 Å². The predicted octanol–water partition coefficient (Wildman–Crippen LogP) is 3.89. The molecule has 0 aliphatic carbocycles. The number of methoxy groups -OCH3 is 1. The number of rotatable bonds is 7. The molecule has 1 aromatic carbocycles. The number of amides is 1. The summed E-state index contributed by atoms with van der Waals surface area (Å²) in [6.45, 7) is 6.14. The van der Waals surface area contributed by atoms with Crippen molar-refractivity contribution in [2.45, 2.75) is 39.3 Å². The number of ether oxygens (including phenoxy) is 1. The number of hydrogen-bond acceptors (Lipinski definition) is 6. The number of aromatic nitrogens is 3. The minimum atomic E-state index is -0.237. The molecule has 2 aromatic heterocycles. The Kier molecular flexibility index (Phi) is 6.16. The van der Waals surface area contributed by atoms with Gasteiger partial charge < -0.3 is 14.6 Å². The first-order valence-electron chi connectivity index (χ1n) is 9.17. The molecule has 3 aromatic rings. The van der Waals surface area contributed by atoms with Crippen LogP contribution in [0.5, 0.6) is 0 Å². The average Bonchev–Trinajstić information content (AvgIpc) is 3.21. The molecule has 28 heavy (non-hydrogen) atoms. The largest absolute Gasteiger partial charge is 0.377 e. The smallest absolute Gasteiger partial charge is 0.253 e. The predicted molar refractivity (Wildman–Crippen MR) is 105 cm³/mol. The Labute approximate surface area is 164 Å². The summed E-state index contributed by atoms with van der Waals surface area (Å²) in [6, 6.07) is 11.6. The van der Waals surface area contributed by atoms with Gasteiger partial charge in [0.15, 0.2) is 5.82 Å². The number of hydrogen-bond donors (Lipinski definition) is 1. The number of benzene rings is 1. The summed E-state index contributed by atoms with van der Waals surface area (Å²) >= 11 is 0. The fraction of sp³-hybridized carbons (Fsp3) is 0.333. The normalized spacial score (nSPS) is 12.2. The van der Waals surface area contributed by atoms with Crippen molar-refractivity contribution >= 4 is 5.91 Å². The van der Waals surface area contributed by atoms with Crippen LogP contribution in [-0.2, 0) is 11.3 Å². The summed E-state index contributed by atoms with van der Waals surface area (Å²) in [7, 11) is 1.69. The molecule has 0 spiro atoms. The Hall–Kier alpha value is -3.06. The summed E-state index contributed by atoms with van der Waals surface area (Å²) < 4.78 is 10.4. The minimum Gasteiger partial charge on any atom is -0.377 e. The van der Waals surface area contributed by atoms with Crippen LogP contribution in [0.1, 0.15) is 60.4 Å². The van der Waals surface area contributed by atoms with Crippen molar-refractivity contribution in [2.24, 2.45) is 0 Å². The molecule has 3 rings (SSSR count). The number of pyridine rings is 1. The molecule has 7 nitrogen and oxygen atoms in total. The quantitative estimate of drug-likeness (QED) is 0.669. The Bertz CT molecular complexity index is 918. The third kappa shape index (κ3) is 4.61. The number of nitrogens with zero attached hydrogens (tertiary/aromatic N) is 3. The highest BCUT2D eigenvalue weighted by Gasteiger charge is 2.12. The van der Waals surface area contributed by atoms with Crippen molar-refractivity contribution in [3.8, 4) is 11.3 Å². The highest BCUT2D eigenvalue weighted by molar-refractivity contribution is 5.94. The molecule has 1 amide bonds. The van der Waals surface area contributed by atoms with E-state index in [0.717, 1.165) is 16.8 Å². The fourth-order valence-electron chi connectivity index (χ4n) is 2.60. The van der Waals surface area contributed by atoms with Gasteiger partial charge >= 0.3 is 0 Å². The highest BCUT2D eigenvalue weighted by Crippen LogP contribution is 2.22. The summed E-state index contributed by atoms with van der Waals surface area (Å²) in [6.07, 6.45) is 1.61. The SMILES string of the molecule is CO[C@H](C)c1ccc(-c2ccc(C(=O)NCc3noc(C(C)C)n3)cn2)cc1. The molecule has 0 aliphatic heterocycles. The van der Waals surface area contributed by atoms with Crippen molar-refractivity contribution < 1.29 is 14.1 Å². The summed E-state index contributed by atoms with van der Waals surface area (Å²) in [5.74, 6) is 0.924. The molecule has 0 fully saturated rings. The van der Waals surface area contributed by atoms with E-state index in [2.05, 4.69) is 20.4 Å². The van der Waals surface area contributed by atoms with Crippen molar-refractivity contribution in [1.82, 2.24) is 20.4 Å². The molecule has 0 saturated heterocycles. The average molecular weight is 380 g/mol. The van der Waals surface area contributed by atoms with Crippen LogP contribution >= 0.6 is 0 Å². The van der Waals surface area contributed by atoms with Gasteiger partial charge in [0.25, 0.3) is 5.91 Å². The van der Waals surface area contributed by atoms with E-state index in [1.54, 1.807) is 19.4 Å². The lowest BCUT2D eigenvalue weighted by molar-refractivity contribution is 0.0949. The maximum atomic E-state index is 12.3. The summed E-state index contributed by atoms with van der Waals surface area (Å²) in [5, 5.41) is 6.63. The van der Waals surface area contributed by atoms with Gasteiger partial charge in [-0.15, -0.1) is 0 Å². The van der Waals surface area contributed by atoms with Gasteiger partial charge in [-0.05, 0) is 24.6 Å². The van der Waals surface area contributed by atoms with Gasteiger partial charge in [0.05, 0.1) is 23.9 Å². The van der Waals surface area contributed by atoms with Crippen LogP contribution < -0.4 is 5.32 Å². The van der Waals surface area contributed by atoms with Gasteiger partial charge in [-0.1, -0.05) is 43.3 Å². The van der Waals surface area contributed by atoms with Gasteiger partial charge in [-0.3, -0.25) is 9.78 Å². The molecule has 0 bridgehead atoms. The van der Waals surface area contributed by atoms with E-state index < -0.39 is 0 Å². The highest BCUT2D eigenvalue weighted by atomic mass is 16.5. The van der Waals surface area contributed by atoms with Crippen molar-refractivity contribution in [1.29, 1.82) is 0 Å². The zero-order valence-corrected chi connectivity index (χ0v) is 16.5. The molecular weight excluding hydrogens is 356 g/mol. The topological polar surface area (TPSA) is 90.1 Å². The third-order valence-corrected chi connectivity index (χ3v) is 4.44. The Morgan fingerprint density at radius 2 is 1.89 bits per heavy atom. The maximum absolute atomic E-state index is 12.3. The first-order chi connectivity index (χ1) is 13.5. The molecule has 0 unspecified atom stereocenters. The fourth-order valence-corrected chi connectivity index (χ4v) is 2.60. The zero-order valence-electron chi connectivity index (χ0n) is 16.5. The lowest BCUT2D eigenvalue weighted by atomic mass is 10.1. The van der Waals surface area contributed by atoms with Crippen LogP contribution in [0.4, 0.5) is 0 Å².